The van der Waals surface area contributed by atoms with Crippen molar-refractivity contribution in [1.29, 1.82) is 0 Å². The molecule has 0 aliphatic carbocycles. The maximum absolute atomic E-state index is 4.26. The van der Waals surface area contributed by atoms with E-state index in [9.17, 15) is 0 Å². The monoisotopic (exact) mass is 267 g/mol. The molecule has 0 atom stereocenters. The minimum atomic E-state index is 0.775. The molecule has 2 aromatic heterocycles. The zero-order valence-electron chi connectivity index (χ0n) is 11.4. The summed E-state index contributed by atoms with van der Waals surface area (Å²) in [4.78, 5) is 7.13. The Labute approximate surface area is 117 Å². The summed E-state index contributed by atoms with van der Waals surface area (Å²) >= 11 is 0. The second-order valence-corrected chi connectivity index (χ2v) is 4.53. The third-order valence-electron chi connectivity index (χ3n) is 3.27. The number of imidazole rings is 1. The molecule has 0 aliphatic heterocycles. The van der Waals surface area contributed by atoms with Gasteiger partial charge in [-0.3, -0.25) is 4.68 Å². The smallest absolute Gasteiger partial charge is 0.0924 e. The average molecular weight is 267 g/mol. The molecule has 3 rings (SSSR count). The molecule has 2 heterocycles. The Morgan fingerprint density at radius 1 is 1.20 bits per heavy atom. The molecule has 1 aromatic carbocycles. The molecule has 102 valence electrons. The average Bonchev–Trinajstić information content (AvgIpc) is 3.16. The molecule has 5 heteroatoms. The largest absolute Gasteiger partial charge is 0.379 e. The molecule has 0 aliphatic rings. The summed E-state index contributed by atoms with van der Waals surface area (Å²) in [7, 11) is 0. The van der Waals surface area contributed by atoms with Crippen LogP contribution >= 0.6 is 0 Å². The second-order valence-electron chi connectivity index (χ2n) is 4.53. The van der Waals surface area contributed by atoms with Crippen LogP contribution in [0.3, 0.4) is 0 Å². The van der Waals surface area contributed by atoms with Gasteiger partial charge < -0.3 is 10.3 Å². The fourth-order valence-corrected chi connectivity index (χ4v) is 2.17. The minimum absolute atomic E-state index is 0.775. The minimum Gasteiger partial charge on any atom is -0.379 e. The Kier molecular flexibility index (Phi) is 3.50. The van der Waals surface area contributed by atoms with E-state index in [1.165, 1.54) is 5.69 Å². The Morgan fingerprint density at radius 3 is 2.75 bits per heavy atom. The highest BCUT2D eigenvalue weighted by atomic mass is 15.3. The van der Waals surface area contributed by atoms with Crippen LogP contribution in [0.15, 0.2) is 49.1 Å². The topological polar surface area (TPSA) is 58.5 Å². The van der Waals surface area contributed by atoms with Crippen molar-refractivity contribution in [3.8, 4) is 11.3 Å². The predicted octanol–water partition coefficient (Wildman–Crippen LogP) is 2.91. The second kappa shape index (κ2) is 5.61. The van der Waals surface area contributed by atoms with Crippen LogP contribution in [0.1, 0.15) is 12.6 Å². The summed E-state index contributed by atoms with van der Waals surface area (Å²) in [6, 6.07) is 10.3. The number of nitrogens with one attached hydrogen (secondary N) is 2. The molecule has 0 fully saturated rings. The maximum atomic E-state index is 4.26. The SMILES string of the molecule is CCn1nccc1CNc1ccc(-c2cnc[nH]2)cc1. The van der Waals surface area contributed by atoms with E-state index in [4.69, 9.17) is 0 Å². The molecule has 20 heavy (non-hydrogen) atoms. The number of rotatable bonds is 5. The molecule has 0 unspecified atom stereocenters. The van der Waals surface area contributed by atoms with Crippen molar-refractivity contribution in [1.82, 2.24) is 19.7 Å². The molecule has 0 amide bonds. The Bertz CT molecular complexity index is 652. The van der Waals surface area contributed by atoms with Gasteiger partial charge in [-0.2, -0.15) is 5.10 Å². The molecule has 0 saturated carbocycles. The number of hydrogen-bond donors (Lipinski definition) is 2. The first-order valence-electron chi connectivity index (χ1n) is 6.70. The van der Waals surface area contributed by atoms with Crippen LogP contribution in [-0.2, 0) is 13.1 Å². The predicted molar refractivity (Wildman–Crippen MR) is 79.3 cm³/mol. The number of aromatic nitrogens is 4. The maximum Gasteiger partial charge on any atom is 0.0924 e. The van der Waals surface area contributed by atoms with Gasteiger partial charge in [-0.15, -0.1) is 0 Å². The van der Waals surface area contributed by atoms with Crippen LogP contribution in [0.2, 0.25) is 0 Å². The van der Waals surface area contributed by atoms with Gasteiger partial charge in [-0.05, 0) is 30.7 Å². The lowest BCUT2D eigenvalue weighted by atomic mass is 10.1. The van der Waals surface area contributed by atoms with Crippen LogP contribution < -0.4 is 5.32 Å². The highest BCUT2D eigenvalue weighted by molar-refractivity contribution is 5.61. The molecule has 0 radical (unpaired) electrons. The van der Waals surface area contributed by atoms with Gasteiger partial charge >= 0.3 is 0 Å². The van der Waals surface area contributed by atoms with Crippen LogP contribution in [0.4, 0.5) is 5.69 Å². The van der Waals surface area contributed by atoms with Crippen molar-refractivity contribution >= 4 is 5.69 Å². The van der Waals surface area contributed by atoms with Crippen LogP contribution in [0.25, 0.3) is 11.3 Å². The fourth-order valence-electron chi connectivity index (χ4n) is 2.17. The highest BCUT2D eigenvalue weighted by Crippen LogP contribution is 2.19. The molecule has 5 nitrogen and oxygen atoms in total. The number of benzene rings is 1. The fraction of sp³-hybridized carbons (Fsp3) is 0.200. The lowest BCUT2D eigenvalue weighted by Crippen LogP contribution is -2.07. The highest BCUT2D eigenvalue weighted by Gasteiger charge is 2.01. The number of aryl methyl sites for hydroxylation is 1. The van der Waals surface area contributed by atoms with Crippen LogP contribution in [-0.4, -0.2) is 19.7 Å². The number of nitrogens with zero attached hydrogens (tertiary/aromatic N) is 3. The molecule has 3 aromatic rings. The zero-order valence-corrected chi connectivity index (χ0v) is 11.4. The van der Waals surface area contributed by atoms with E-state index in [1.807, 2.05) is 23.1 Å². The van der Waals surface area contributed by atoms with E-state index >= 15 is 0 Å². The molecule has 0 saturated heterocycles. The summed E-state index contributed by atoms with van der Waals surface area (Å²) in [5.74, 6) is 0. The molecule has 0 spiro atoms. The van der Waals surface area contributed by atoms with Gasteiger partial charge in [-0.25, -0.2) is 4.98 Å². The van der Waals surface area contributed by atoms with Crippen LogP contribution in [0, 0.1) is 0 Å². The lowest BCUT2D eigenvalue weighted by Gasteiger charge is -2.08. The van der Waals surface area contributed by atoms with Gasteiger partial charge in [-0.1, -0.05) is 12.1 Å². The van der Waals surface area contributed by atoms with Crippen molar-refractivity contribution in [2.45, 2.75) is 20.0 Å². The van der Waals surface area contributed by atoms with Gasteiger partial charge in [0.25, 0.3) is 0 Å². The summed E-state index contributed by atoms with van der Waals surface area (Å²) in [5.41, 5.74) is 4.44. The van der Waals surface area contributed by atoms with Gasteiger partial charge in [0, 0.05) is 18.4 Å². The van der Waals surface area contributed by atoms with Gasteiger partial charge in [0.1, 0.15) is 0 Å². The number of hydrogen-bond acceptors (Lipinski definition) is 3. The van der Waals surface area contributed by atoms with Gasteiger partial charge in [0.05, 0.1) is 30.5 Å². The Morgan fingerprint density at radius 2 is 2.05 bits per heavy atom. The molecular formula is C15H17N5. The van der Waals surface area contributed by atoms with Gasteiger partial charge in [0.2, 0.25) is 0 Å². The third-order valence-corrected chi connectivity index (χ3v) is 3.27. The van der Waals surface area contributed by atoms with Crippen molar-refractivity contribution < 1.29 is 0 Å². The standard InChI is InChI=1S/C15H17N5/c1-2-20-14(7-8-19-20)9-17-13-5-3-12(4-6-13)15-10-16-11-18-15/h3-8,10-11,17H,2,9H2,1H3,(H,16,18). The number of H-pyrrole nitrogens is 1. The first-order chi connectivity index (χ1) is 9.86. The van der Waals surface area contributed by atoms with E-state index < -0.39 is 0 Å². The lowest BCUT2D eigenvalue weighted by molar-refractivity contribution is 0.627. The van der Waals surface area contributed by atoms with Crippen molar-refractivity contribution in [2.24, 2.45) is 0 Å². The summed E-state index contributed by atoms with van der Waals surface area (Å²) in [6.07, 6.45) is 5.34. The summed E-state index contributed by atoms with van der Waals surface area (Å²) in [5, 5.41) is 7.67. The van der Waals surface area contributed by atoms with Crippen molar-refractivity contribution in [2.75, 3.05) is 5.32 Å². The van der Waals surface area contributed by atoms with Crippen molar-refractivity contribution in [3.63, 3.8) is 0 Å². The van der Waals surface area contributed by atoms with E-state index in [-0.39, 0.29) is 0 Å². The number of anilines is 1. The zero-order chi connectivity index (χ0) is 13.8. The molecular weight excluding hydrogens is 250 g/mol. The Balaban J connectivity index is 1.67. The Hall–Kier alpha value is -2.56. The molecule has 0 bridgehead atoms. The first-order valence-corrected chi connectivity index (χ1v) is 6.70. The van der Waals surface area contributed by atoms with Crippen molar-refractivity contribution in [3.05, 3.63) is 54.7 Å². The van der Waals surface area contributed by atoms with E-state index in [2.05, 4.69) is 51.6 Å². The number of aromatic amines is 1. The third kappa shape index (κ3) is 2.56. The first kappa shape index (κ1) is 12.5. The van der Waals surface area contributed by atoms with E-state index in [1.54, 1.807) is 6.33 Å². The molecule has 2 N–H and O–H groups in total. The summed E-state index contributed by atoms with van der Waals surface area (Å²) in [6.45, 7) is 3.76. The van der Waals surface area contributed by atoms with E-state index in [0.717, 1.165) is 30.0 Å². The summed E-state index contributed by atoms with van der Waals surface area (Å²) < 4.78 is 1.99. The van der Waals surface area contributed by atoms with Crippen LogP contribution in [0.5, 0.6) is 0 Å². The van der Waals surface area contributed by atoms with Gasteiger partial charge in [0.15, 0.2) is 0 Å². The van der Waals surface area contributed by atoms with E-state index in [0.29, 0.717) is 0 Å². The normalized spacial score (nSPS) is 10.7. The quantitative estimate of drug-likeness (QED) is 0.747.